The molecule has 1 heterocycles. The van der Waals surface area contributed by atoms with Crippen LogP contribution in [0.25, 0.3) is 0 Å². The lowest BCUT2D eigenvalue weighted by Gasteiger charge is -2.13. The van der Waals surface area contributed by atoms with Gasteiger partial charge < -0.3 is 5.11 Å². The molecular weight excluding hydrogens is 204 g/mol. The first-order valence-corrected chi connectivity index (χ1v) is 5.80. The van der Waals surface area contributed by atoms with Crippen LogP contribution in [-0.4, -0.2) is 16.3 Å². The molecule has 13 heavy (non-hydrogen) atoms. The van der Waals surface area contributed by atoms with Crippen molar-refractivity contribution in [3.63, 3.8) is 0 Å². The molecule has 0 radical (unpaired) electrons. The van der Waals surface area contributed by atoms with E-state index in [0.29, 0.717) is 0 Å². The molecule has 0 aromatic carbocycles. The van der Waals surface area contributed by atoms with Crippen LogP contribution in [0, 0.1) is 5.92 Å². The molecule has 1 aromatic heterocycles. The molecule has 0 fully saturated rings. The fraction of sp³-hybridized carbons (Fsp3) is 0.444. The molecule has 0 amide bonds. The fourth-order valence-electron chi connectivity index (χ4n) is 0.817. The van der Waals surface area contributed by atoms with E-state index < -0.39 is 5.97 Å². The second-order valence-corrected chi connectivity index (χ2v) is 5.51. The number of hydrogen-bond donors (Lipinski definition) is 1. The van der Waals surface area contributed by atoms with Crippen LogP contribution in [-0.2, 0) is 4.79 Å². The molecule has 0 bridgehead atoms. The third kappa shape index (κ3) is 3.04. The fourth-order valence-corrected chi connectivity index (χ4v) is 2.95. The number of carboxylic acids is 1. The van der Waals surface area contributed by atoms with Gasteiger partial charge in [-0.3, -0.25) is 4.79 Å². The van der Waals surface area contributed by atoms with Gasteiger partial charge in [0.05, 0.1) is 10.1 Å². The summed E-state index contributed by atoms with van der Waals surface area (Å²) in [4.78, 5) is 10.7. The molecule has 0 aliphatic heterocycles. The monoisotopic (exact) mass is 216 g/mol. The van der Waals surface area contributed by atoms with Gasteiger partial charge >= 0.3 is 5.97 Å². The summed E-state index contributed by atoms with van der Waals surface area (Å²) in [6, 6.07) is 3.99. The molecule has 0 aliphatic rings. The predicted octanol–water partition coefficient (Wildman–Crippen LogP) is 2.95. The van der Waals surface area contributed by atoms with Crippen molar-refractivity contribution < 1.29 is 9.90 Å². The largest absolute Gasteiger partial charge is 0.481 e. The Bertz CT molecular complexity index is 269. The van der Waals surface area contributed by atoms with E-state index in [2.05, 4.69) is 0 Å². The maximum atomic E-state index is 10.7. The minimum atomic E-state index is -0.725. The zero-order valence-electron chi connectivity index (χ0n) is 7.56. The van der Waals surface area contributed by atoms with Gasteiger partial charge in [-0.05, 0) is 11.4 Å². The first-order chi connectivity index (χ1) is 6.11. The van der Waals surface area contributed by atoms with Gasteiger partial charge in [-0.15, -0.1) is 23.1 Å². The minimum Gasteiger partial charge on any atom is -0.481 e. The van der Waals surface area contributed by atoms with Gasteiger partial charge in [-0.1, -0.05) is 19.9 Å². The molecule has 1 aromatic rings. The predicted molar refractivity (Wildman–Crippen MR) is 56.4 cm³/mol. The molecule has 72 valence electrons. The highest BCUT2D eigenvalue weighted by Gasteiger charge is 2.20. The van der Waals surface area contributed by atoms with Crippen LogP contribution in [0.15, 0.2) is 21.7 Å². The molecule has 2 atom stereocenters. The van der Waals surface area contributed by atoms with Gasteiger partial charge in [0.15, 0.2) is 0 Å². The molecule has 0 saturated carbocycles. The molecule has 1 unspecified atom stereocenters. The van der Waals surface area contributed by atoms with Crippen molar-refractivity contribution in [2.75, 3.05) is 0 Å². The van der Waals surface area contributed by atoms with Gasteiger partial charge in [0.25, 0.3) is 0 Å². The van der Waals surface area contributed by atoms with Crippen molar-refractivity contribution >= 4 is 29.1 Å². The Morgan fingerprint density at radius 1 is 1.62 bits per heavy atom. The number of carbonyl (C=O) groups is 1. The highest BCUT2D eigenvalue weighted by Crippen LogP contribution is 2.31. The Morgan fingerprint density at radius 2 is 2.31 bits per heavy atom. The zero-order chi connectivity index (χ0) is 9.84. The summed E-state index contributed by atoms with van der Waals surface area (Å²) >= 11 is 3.27. The first-order valence-electron chi connectivity index (χ1n) is 4.04. The Kier molecular flexibility index (Phi) is 3.81. The maximum absolute atomic E-state index is 10.7. The summed E-state index contributed by atoms with van der Waals surface area (Å²) in [5.41, 5.74) is 0. The van der Waals surface area contributed by atoms with Crippen molar-refractivity contribution in [1.29, 1.82) is 0 Å². The van der Waals surface area contributed by atoms with Crippen molar-refractivity contribution in [2.45, 2.75) is 23.3 Å². The van der Waals surface area contributed by atoms with Gasteiger partial charge in [0.2, 0.25) is 0 Å². The third-order valence-corrected chi connectivity index (χ3v) is 4.28. The van der Waals surface area contributed by atoms with E-state index in [1.54, 1.807) is 30.0 Å². The smallest absolute Gasteiger partial charge is 0.307 e. The van der Waals surface area contributed by atoms with Crippen molar-refractivity contribution in [3.05, 3.63) is 17.5 Å². The van der Waals surface area contributed by atoms with Crippen LogP contribution >= 0.6 is 23.1 Å². The van der Waals surface area contributed by atoms with Crippen molar-refractivity contribution in [3.8, 4) is 0 Å². The standard InChI is InChI=1S/C9H12O2S2/c1-6(9(10)11)7(2)13-8-4-3-5-12-8/h3-7H,1-2H3,(H,10,11)/t6-,7?/m1/s1. The van der Waals surface area contributed by atoms with E-state index in [0.717, 1.165) is 0 Å². The number of aliphatic carboxylic acids is 1. The zero-order valence-corrected chi connectivity index (χ0v) is 9.19. The quantitative estimate of drug-likeness (QED) is 0.786. The Hall–Kier alpha value is -0.480. The third-order valence-electron chi connectivity index (χ3n) is 1.89. The molecule has 4 heteroatoms. The van der Waals surface area contributed by atoms with Gasteiger partial charge in [0.1, 0.15) is 0 Å². The van der Waals surface area contributed by atoms with E-state index >= 15 is 0 Å². The maximum Gasteiger partial charge on any atom is 0.307 e. The molecule has 0 aliphatic carbocycles. The van der Waals surface area contributed by atoms with E-state index in [1.165, 1.54) is 4.21 Å². The number of carboxylic acid groups (broad SMARTS) is 1. The van der Waals surface area contributed by atoms with Crippen LogP contribution in [0.3, 0.4) is 0 Å². The number of hydrogen-bond acceptors (Lipinski definition) is 3. The summed E-state index contributed by atoms with van der Waals surface area (Å²) in [5.74, 6) is -1.02. The topological polar surface area (TPSA) is 37.3 Å². The van der Waals surface area contributed by atoms with Crippen LogP contribution in [0.4, 0.5) is 0 Å². The summed E-state index contributed by atoms with van der Waals surface area (Å²) < 4.78 is 1.18. The summed E-state index contributed by atoms with van der Waals surface area (Å²) in [6.45, 7) is 3.69. The van der Waals surface area contributed by atoms with E-state index in [4.69, 9.17) is 5.11 Å². The SMILES string of the molecule is CC(Sc1cccs1)[C@@H](C)C(=O)O. The second-order valence-electron chi connectivity index (χ2n) is 2.88. The molecule has 1 N–H and O–H groups in total. The summed E-state index contributed by atoms with van der Waals surface area (Å²) in [7, 11) is 0. The lowest BCUT2D eigenvalue weighted by atomic mass is 10.1. The Morgan fingerprint density at radius 3 is 2.77 bits per heavy atom. The minimum absolute atomic E-state index is 0.121. The normalized spacial score (nSPS) is 15.2. The van der Waals surface area contributed by atoms with Crippen LogP contribution in [0.5, 0.6) is 0 Å². The summed E-state index contributed by atoms with van der Waals surface area (Å²) in [6.07, 6.45) is 0. The molecule has 1 rings (SSSR count). The number of rotatable bonds is 4. The number of thiophene rings is 1. The van der Waals surface area contributed by atoms with Crippen molar-refractivity contribution in [2.24, 2.45) is 5.92 Å². The summed E-state index contributed by atoms with van der Waals surface area (Å²) in [5, 5.41) is 10.9. The van der Waals surface area contributed by atoms with E-state index in [9.17, 15) is 4.79 Å². The van der Waals surface area contributed by atoms with Gasteiger partial charge in [0, 0.05) is 5.25 Å². The Balaban J connectivity index is 2.50. The second kappa shape index (κ2) is 4.67. The molecular formula is C9H12O2S2. The Labute approximate surface area is 86.0 Å². The van der Waals surface area contributed by atoms with Gasteiger partial charge in [-0.25, -0.2) is 0 Å². The van der Waals surface area contributed by atoms with Gasteiger partial charge in [-0.2, -0.15) is 0 Å². The molecule has 0 spiro atoms. The first kappa shape index (κ1) is 10.6. The average molecular weight is 216 g/mol. The van der Waals surface area contributed by atoms with E-state index in [-0.39, 0.29) is 11.2 Å². The molecule has 0 saturated heterocycles. The van der Waals surface area contributed by atoms with Crippen LogP contribution in [0.2, 0.25) is 0 Å². The lowest BCUT2D eigenvalue weighted by molar-refractivity contribution is -0.140. The number of thioether (sulfide) groups is 1. The highest BCUT2D eigenvalue weighted by molar-refractivity contribution is 8.01. The highest BCUT2D eigenvalue weighted by atomic mass is 32.2. The van der Waals surface area contributed by atoms with Crippen molar-refractivity contribution in [1.82, 2.24) is 0 Å². The van der Waals surface area contributed by atoms with Crippen LogP contribution < -0.4 is 0 Å². The van der Waals surface area contributed by atoms with E-state index in [1.807, 2.05) is 24.4 Å². The average Bonchev–Trinajstić information content (AvgIpc) is 2.55. The molecule has 2 nitrogen and oxygen atoms in total. The van der Waals surface area contributed by atoms with Crippen LogP contribution in [0.1, 0.15) is 13.8 Å². The lowest BCUT2D eigenvalue weighted by Crippen LogP contribution is -2.19.